The Morgan fingerprint density at radius 2 is 1.89 bits per heavy atom. The zero-order valence-corrected chi connectivity index (χ0v) is 15.4. The average Bonchev–Trinajstić information content (AvgIpc) is 3.19. The summed E-state index contributed by atoms with van der Waals surface area (Å²) >= 11 is 0. The highest BCUT2D eigenvalue weighted by molar-refractivity contribution is 5.89. The lowest BCUT2D eigenvalue weighted by atomic mass is 10.2. The number of nitrogens with zero attached hydrogens (tertiary/aromatic N) is 5. The van der Waals surface area contributed by atoms with E-state index in [9.17, 15) is 0 Å². The van der Waals surface area contributed by atoms with Crippen molar-refractivity contribution in [3.8, 4) is 17.2 Å². The van der Waals surface area contributed by atoms with E-state index in [2.05, 4.69) is 25.6 Å². The number of rotatable bonds is 6. The standard InChI is InChI=1S/C20H18N6O2/c1-27-16-8-9-18(28-2)14(10-16)11-23-25-19-17-12-24-26(20(17)22-13-21-19)15-6-4-3-5-7-15/h3-13H,1-2H3,(H,21,22,25)/b23-11+. The van der Waals surface area contributed by atoms with Crippen molar-refractivity contribution >= 4 is 23.1 Å². The van der Waals surface area contributed by atoms with E-state index >= 15 is 0 Å². The molecule has 8 nitrogen and oxygen atoms in total. The number of benzene rings is 2. The van der Waals surface area contributed by atoms with Gasteiger partial charge in [-0.05, 0) is 30.3 Å². The van der Waals surface area contributed by atoms with Crippen molar-refractivity contribution in [2.24, 2.45) is 5.10 Å². The van der Waals surface area contributed by atoms with Gasteiger partial charge in [0.1, 0.15) is 17.8 Å². The van der Waals surface area contributed by atoms with Gasteiger partial charge in [0.25, 0.3) is 0 Å². The molecule has 0 unspecified atom stereocenters. The molecule has 0 saturated heterocycles. The lowest BCUT2D eigenvalue weighted by molar-refractivity contribution is 0.402. The topological polar surface area (TPSA) is 86.4 Å². The Bertz CT molecular complexity index is 1120. The van der Waals surface area contributed by atoms with Gasteiger partial charge in [0, 0.05) is 5.56 Å². The molecule has 0 aliphatic rings. The molecule has 4 rings (SSSR count). The predicted molar refractivity (Wildman–Crippen MR) is 107 cm³/mol. The number of aromatic nitrogens is 4. The third-order valence-corrected chi connectivity index (χ3v) is 4.18. The summed E-state index contributed by atoms with van der Waals surface area (Å²) in [4.78, 5) is 8.63. The minimum Gasteiger partial charge on any atom is -0.497 e. The maximum Gasteiger partial charge on any atom is 0.168 e. The van der Waals surface area contributed by atoms with Crippen LogP contribution >= 0.6 is 0 Å². The molecule has 140 valence electrons. The van der Waals surface area contributed by atoms with Crippen LogP contribution < -0.4 is 14.9 Å². The van der Waals surface area contributed by atoms with E-state index in [1.807, 2.05) is 48.5 Å². The van der Waals surface area contributed by atoms with E-state index < -0.39 is 0 Å². The van der Waals surface area contributed by atoms with Crippen molar-refractivity contribution in [1.29, 1.82) is 0 Å². The first-order valence-corrected chi connectivity index (χ1v) is 8.55. The molecule has 0 bridgehead atoms. The van der Waals surface area contributed by atoms with Crippen molar-refractivity contribution in [3.63, 3.8) is 0 Å². The highest BCUT2D eigenvalue weighted by Gasteiger charge is 2.10. The van der Waals surface area contributed by atoms with Crippen LogP contribution in [0.3, 0.4) is 0 Å². The summed E-state index contributed by atoms with van der Waals surface area (Å²) in [5, 5.41) is 9.48. The summed E-state index contributed by atoms with van der Waals surface area (Å²) in [6, 6.07) is 15.3. The van der Waals surface area contributed by atoms with Crippen LogP contribution in [0.15, 0.2) is 66.2 Å². The maximum absolute atomic E-state index is 5.36. The molecule has 1 N–H and O–H groups in total. The summed E-state index contributed by atoms with van der Waals surface area (Å²) in [6.07, 6.45) is 4.84. The number of nitrogens with one attached hydrogen (secondary N) is 1. The van der Waals surface area contributed by atoms with Crippen LogP contribution in [0.4, 0.5) is 5.82 Å². The fourth-order valence-corrected chi connectivity index (χ4v) is 2.79. The smallest absolute Gasteiger partial charge is 0.168 e. The monoisotopic (exact) mass is 374 g/mol. The number of hydrogen-bond donors (Lipinski definition) is 1. The molecule has 0 spiro atoms. The van der Waals surface area contributed by atoms with Gasteiger partial charge in [-0.2, -0.15) is 10.2 Å². The lowest BCUT2D eigenvalue weighted by Crippen LogP contribution is -1.99. The average molecular weight is 374 g/mol. The van der Waals surface area contributed by atoms with Gasteiger partial charge in [-0.15, -0.1) is 0 Å². The molecule has 0 fully saturated rings. The third-order valence-electron chi connectivity index (χ3n) is 4.18. The molecule has 4 aromatic rings. The van der Waals surface area contributed by atoms with Crippen molar-refractivity contribution in [1.82, 2.24) is 19.7 Å². The molecule has 2 aromatic carbocycles. The molecule has 0 amide bonds. The molecule has 8 heteroatoms. The Morgan fingerprint density at radius 1 is 1.04 bits per heavy atom. The largest absolute Gasteiger partial charge is 0.497 e. The molecule has 2 heterocycles. The molecule has 0 aliphatic heterocycles. The molecule has 0 atom stereocenters. The van der Waals surface area contributed by atoms with E-state index in [1.54, 1.807) is 31.3 Å². The van der Waals surface area contributed by atoms with Crippen LogP contribution in [-0.2, 0) is 0 Å². The SMILES string of the molecule is COc1ccc(OC)c(/C=N/Nc2ncnc3c2cnn3-c2ccccc2)c1. The quantitative estimate of drug-likeness (QED) is 0.412. The third kappa shape index (κ3) is 3.35. The van der Waals surface area contributed by atoms with Crippen molar-refractivity contribution < 1.29 is 9.47 Å². The van der Waals surface area contributed by atoms with E-state index in [0.29, 0.717) is 17.2 Å². The summed E-state index contributed by atoms with van der Waals surface area (Å²) in [5.41, 5.74) is 5.35. The van der Waals surface area contributed by atoms with Crippen LogP contribution in [-0.4, -0.2) is 40.2 Å². The Labute approximate surface area is 161 Å². The maximum atomic E-state index is 5.36. The van der Waals surface area contributed by atoms with Crippen LogP contribution in [0.5, 0.6) is 11.5 Å². The zero-order chi connectivity index (χ0) is 19.3. The fraction of sp³-hybridized carbons (Fsp3) is 0.100. The summed E-state index contributed by atoms with van der Waals surface area (Å²) in [6.45, 7) is 0. The predicted octanol–water partition coefficient (Wildman–Crippen LogP) is 3.28. The Hall–Kier alpha value is -3.94. The molecular formula is C20H18N6O2. The first-order chi connectivity index (χ1) is 13.8. The summed E-state index contributed by atoms with van der Waals surface area (Å²) in [7, 11) is 3.22. The van der Waals surface area contributed by atoms with Gasteiger partial charge in [-0.25, -0.2) is 14.6 Å². The molecule has 0 saturated carbocycles. The Morgan fingerprint density at radius 3 is 2.68 bits per heavy atom. The number of methoxy groups -OCH3 is 2. The Kier molecular flexibility index (Phi) is 4.83. The number of anilines is 1. The number of para-hydroxylation sites is 1. The number of hydrazone groups is 1. The normalized spacial score (nSPS) is 11.1. The highest BCUT2D eigenvalue weighted by Crippen LogP contribution is 2.23. The van der Waals surface area contributed by atoms with Crippen molar-refractivity contribution in [2.45, 2.75) is 0 Å². The van der Waals surface area contributed by atoms with Crippen LogP contribution in [0.2, 0.25) is 0 Å². The number of hydrogen-bond acceptors (Lipinski definition) is 7. The zero-order valence-electron chi connectivity index (χ0n) is 15.4. The van der Waals surface area contributed by atoms with Crippen molar-refractivity contribution in [3.05, 3.63) is 66.6 Å². The van der Waals surface area contributed by atoms with Gasteiger partial charge in [-0.3, -0.25) is 5.43 Å². The highest BCUT2D eigenvalue weighted by atomic mass is 16.5. The molecule has 2 aromatic heterocycles. The van der Waals surface area contributed by atoms with E-state index in [1.165, 1.54) is 6.33 Å². The molecular weight excluding hydrogens is 356 g/mol. The summed E-state index contributed by atoms with van der Waals surface area (Å²) in [5.74, 6) is 1.97. The molecule has 0 aliphatic carbocycles. The van der Waals surface area contributed by atoms with Crippen LogP contribution in [0, 0.1) is 0 Å². The number of ether oxygens (including phenoxy) is 2. The second-order valence-corrected chi connectivity index (χ2v) is 5.83. The minimum absolute atomic E-state index is 0.560. The first kappa shape index (κ1) is 17.5. The van der Waals surface area contributed by atoms with Crippen LogP contribution in [0.1, 0.15) is 5.56 Å². The lowest BCUT2D eigenvalue weighted by Gasteiger charge is -2.07. The summed E-state index contributed by atoms with van der Waals surface area (Å²) < 4.78 is 12.4. The second-order valence-electron chi connectivity index (χ2n) is 5.83. The van der Waals surface area contributed by atoms with Gasteiger partial charge in [-0.1, -0.05) is 18.2 Å². The molecule has 28 heavy (non-hydrogen) atoms. The van der Waals surface area contributed by atoms with E-state index in [-0.39, 0.29) is 0 Å². The van der Waals surface area contributed by atoms with Crippen LogP contribution in [0.25, 0.3) is 16.7 Å². The van der Waals surface area contributed by atoms with Gasteiger partial charge in [0.05, 0.1) is 37.7 Å². The van der Waals surface area contributed by atoms with Gasteiger partial charge < -0.3 is 9.47 Å². The van der Waals surface area contributed by atoms with E-state index in [4.69, 9.17) is 9.47 Å². The first-order valence-electron chi connectivity index (χ1n) is 8.55. The Balaban J connectivity index is 1.63. The van der Waals surface area contributed by atoms with E-state index in [0.717, 1.165) is 22.4 Å². The minimum atomic E-state index is 0.560. The van der Waals surface area contributed by atoms with Crippen molar-refractivity contribution in [2.75, 3.05) is 19.6 Å². The second kappa shape index (κ2) is 7.75. The van der Waals surface area contributed by atoms with Gasteiger partial charge in [0.15, 0.2) is 11.5 Å². The van der Waals surface area contributed by atoms with Gasteiger partial charge in [0.2, 0.25) is 0 Å². The fourth-order valence-electron chi connectivity index (χ4n) is 2.79. The van der Waals surface area contributed by atoms with Gasteiger partial charge >= 0.3 is 0 Å². The molecule has 0 radical (unpaired) electrons. The number of fused-ring (bicyclic) bond motifs is 1.